The third-order valence-electron chi connectivity index (χ3n) is 18.2. The number of hydrogen-bond acceptors (Lipinski definition) is 5. The molecule has 0 aliphatic carbocycles. The Hall–Kier alpha value is -14.0. The molecule has 0 radical (unpaired) electrons. The standard InChI is InChI=1S/C58H43N5O.C53H40N4O.2Pt/c1-39-25-29-51(60-37-39)42-26-30-52-50(33-42)49-28-27-46(36-55(49)63(52)56-34-43(31-32-59-56)58(2,3)4)64-45-20-13-19-44(35-45)61-38-62(54-24-12-11-23-53(54)61)57-47(40-15-7-5-8-16-40)21-14-22-48(57)41-17-9-6-10-18-41;1-36-25-28-47-46(31-36)45-27-26-42(34-50(45)57(47)51-32-39(29-30-54-51)53(2,3)4)58-41-20-13-19-40(33-41)55-35-56(49-24-12-11-23-48(49)55)52-43(37-15-7-5-8-16-37)21-14-22-44(52)38-17-9-6-10-18-38;;/h5-34,37H,1-4H3;5-32H,1-4H3;;/q2*-2;;/i5D,6D,7D,8D,9D,10D,11D,12D,13D,14D,15D,16D,17D,18D,19D,20D,21D,22D,23D,24D,25D,26D,27D,28D,29D,30D,31D,32D,33D,34D,37D;2D3,3D3,5D,6D,7D,8D,9D,10D,11D,12D,13D,14D,15D,16D,17D,18D,19D,20D,21D,22D,23D,24D,25D,26D,27D,28D,29D,30D,31D,32D;;. The molecule has 0 saturated carbocycles. The summed E-state index contributed by atoms with van der Waals surface area (Å²) in [6.45, 7) is 1.19. The molecule has 7 aromatic heterocycles. The van der Waals surface area contributed by atoms with Gasteiger partial charge in [0.05, 0.1) is 106 Å². The second-order valence-electron chi connectivity index (χ2n) is 27.3. The summed E-state index contributed by atoms with van der Waals surface area (Å²) in [6, 6.07) is -43.1. The van der Waals surface area contributed by atoms with Gasteiger partial charge in [-0.05, 0) is 164 Å². The summed E-state index contributed by atoms with van der Waals surface area (Å²) < 4.78 is 599. The number of fused-ring (bicyclic) bond motifs is 8. The fourth-order valence-corrected chi connectivity index (χ4v) is 12.8. The summed E-state index contributed by atoms with van der Waals surface area (Å²) in [5.41, 5.74) is -22.5. The predicted octanol–water partition coefficient (Wildman–Crippen LogP) is 26.1. The number of ether oxygens (including phenoxy) is 2. The minimum atomic E-state index is -3.53. The number of nitrogens with zero attached hydrogens (tertiary/aromatic N) is 9. The van der Waals surface area contributed by atoms with Crippen LogP contribution >= 0.6 is 0 Å². The van der Waals surface area contributed by atoms with E-state index in [9.17, 15) is 31.5 Å². The van der Waals surface area contributed by atoms with Crippen molar-refractivity contribution in [3.8, 4) is 113 Å². The first kappa shape index (κ1) is 35.5. The number of aromatic nitrogens is 9. The molecule has 0 fully saturated rings. The summed E-state index contributed by atoms with van der Waals surface area (Å²) in [5, 5.41) is -1.71. The minimum absolute atomic E-state index is 0. The van der Waals surface area contributed by atoms with E-state index in [1.54, 1.807) is 20.8 Å². The van der Waals surface area contributed by atoms with Crippen LogP contribution in [0.4, 0.5) is 0 Å². The van der Waals surface area contributed by atoms with Crippen LogP contribution in [0, 0.1) is 50.8 Å². The molecule has 0 N–H and O–H groups in total. The number of rotatable bonds is 15. The molecular weight excluding hydrogens is 1880 g/mol. The molecule has 124 heavy (non-hydrogen) atoms. The molecule has 608 valence electrons. The Bertz CT molecular complexity index is 11300. The molecule has 0 atom stereocenters. The van der Waals surface area contributed by atoms with E-state index in [2.05, 4.69) is 51.9 Å². The van der Waals surface area contributed by atoms with E-state index in [1.807, 2.05) is 0 Å². The molecule has 0 aliphatic rings. The molecule has 0 amide bonds. The normalized spacial score (nSPS) is 19.2. The van der Waals surface area contributed by atoms with Gasteiger partial charge in [0.15, 0.2) is 0 Å². The second kappa shape index (κ2) is 33.8. The van der Waals surface area contributed by atoms with Crippen molar-refractivity contribution in [2.75, 3.05) is 0 Å². The summed E-state index contributed by atoms with van der Waals surface area (Å²) in [7, 11) is 0. The Kier molecular flexibility index (Phi) is 9.67. The molecule has 7 heterocycles. The molecule has 0 spiro atoms. The van der Waals surface area contributed by atoms with Gasteiger partial charge in [0.2, 0.25) is 0 Å². The van der Waals surface area contributed by atoms with Gasteiger partial charge in [-0.15, -0.1) is 59.2 Å². The van der Waals surface area contributed by atoms with Crippen molar-refractivity contribution < 1.29 is 150 Å². The van der Waals surface area contributed by atoms with E-state index in [0.29, 0.717) is 18.3 Å². The van der Waals surface area contributed by atoms with E-state index in [4.69, 9.17) is 67.0 Å². The molecule has 0 saturated heterocycles. The summed E-state index contributed by atoms with van der Waals surface area (Å²) in [5.74, 6) is -5.13. The molecule has 14 aromatic carbocycles. The van der Waals surface area contributed by atoms with Crippen LogP contribution in [0.5, 0.6) is 23.0 Å². The van der Waals surface area contributed by atoms with Gasteiger partial charge in [-0.2, -0.15) is 36.3 Å². The fourth-order valence-electron chi connectivity index (χ4n) is 12.8. The quantitative estimate of drug-likeness (QED) is 0.0754. The molecular formula is C111H83N9O2Pt2-4. The Balaban J connectivity index is 0.000000234. The maximum atomic E-state index is 9.69. The zero-order valence-corrected chi connectivity index (χ0v) is 68.5. The van der Waals surface area contributed by atoms with Gasteiger partial charge in [0.25, 0.3) is 12.7 Å². The summed E-state index contributed by atoms with van der Waals surface area (Å²) in [6.07, 6.45) is 2.99. The average molecular weight is 2030 g/mol. The minimum Gasteiger partial charge on any atom is -0.510 e. The second-order valence-corrected chi connectivity index (χ2v) is 27.3. The number of pyridine rings is 3. The van der Waals surface area contributed by atoms with Crippen molar-refractivity contribution in [3.63, 3.8) is 0 Å². The van der Waals surface area contributed by atoms with Crippen LogP contribution < -0.4 is 18.6 Å². The molecule has 13 heteroatoms. The fraction of sp³-hybridized carbons (Fsp3) is 0.0901. The number of para-hydroxylation sites is 6. The van der Waals surface area contributed by atoms with E-state index in [1.165, 1.54) is 13.8 Å². The zero-order valence-electron chi connectivity index (χ0n) is 129. The summed E-state index contributed by atoms with van der Waals surface area (Å²) >= 11 is 0. The van der Waals surface area contributed by atoms with Crippen LogP contribution in [0.3, 0.4) is 0 Å². The van der Waals surface area contributed by atoms with Gasteiger partial charge in [-0.3, -0.25) is 14.1 Å². The molecule has 11 nitrogen and oxygen atoms in total. The number of benzene rings is 14. The molecule has 0 unspecified atom stereocenters. The zero-order chi connectivity index (χ0) is 139. The maximum absolute atomic E-state index is 9.69. The van der Waals surface area contributed by atoms with Gasteiger partial charge in [-0.1, -0.05) is 294 Å². The third-order valence-corrected chi connectivity index (χ3v) is 18.2. The topological polar surface area (TPSA) is 84.6 Å². The van der Waals surface area contributed by atoms with E-state index in [-0.39, 0.29) is 64.2 Å². The van der Waals surface area contributed by atoms with Gasteiger partial charge in [0.1, 0.15) is 11.6 Å². The van der Waals surface area contributed by atoms with Crippen molar-refractivity contribution in [1.82, 2.24) is 33.2 Å². The van der Waals surface area contributed by atoms with Crippen molar-refractivity contribution in [2.24, 2.45) is 0 Å². The Labute approximate surface area is 841 Å². The van der Waals surface area contributed by atoms with E-state index >= 15 is 0 Å². The van der Waals surface area contributed by atoms with Crippen molar-refractivity contribution in [3.05, 3.63) is 416 Å². The number of hydrogen-bond donors (Lipinski definition) is 0. The third kappa shape index (κ3) is 15.6. The monoisotopic (exact) mass is 2030 g/mol. The molecule has 0 aliphatic heterocycles. The smallest absolute Gasteiger partial charge is 0.268 e. The first-order valence-electron chi connectivity index (χ1n) is 68.4. The Morgan fingerprint density at radius 2 is 0.742 bits per heavy atom. The van der Waals surface area contributed by atoms with Crippen LogP contribution in [0.2, 0.25) is 0 Å². The van der Waals surface area contributed by atoms with E-state index < -0.39 is 560 Å². The molecule has 0 bridgehead atoms. The van der Waals surface area contributed by atoms with Gasteiger partial charge in [-0.25, -0.2) is 9.97 Å². The Morgan fingerprint density at radius 3 is 1.19 bits per heavy atom. The van der Waals surface area contributed by atoms with Crippen LogP contribution in [0.1, 0.15) is 153 Å². The summed E-state index contributed by atoms with van der Waals surface area (Å²) in [4.78, 5) is 12.4. The average Bonchev–Trinajstić information content (AvgIpc) is 1.62. The first-order chi connectivity index (χ1) is 86.6. The van der Waals surface area contributed by atoms with Crippen LogP contribution in [0.25, 0.3) is 156 Å². The largest absolute Gasteiger partial charge is 0.510 e. The van der Waals surface area contributed by atoms with Gasteiger partial charge >= 0.3 is 0 Å². The van der Waals surface area contributed by atoms with Crippen molar-refractivity contribution in [2.45, 2.75) is 66.1 Å². The first-order valence-corrected chi connectivity index (χ1v) is 35.9. The van der Waals surface area contributed by atoms with Crippen LogP contribution in [0.15, 0.2) is 357 Å². The van der Waals surface area contributed by atoms with Gasteiger partial charge < -0.3 is 27.7 Å². The van der Waals surface area contributed by atoms with Crippen molar-refractivity contribution in [1.29, 1.82) is 0 Å². The maximum Gasteiger partial charge on any atom is 0.268 e. The van der Waals surface area contributed by atoms with Gasteiger partial charge in [0, 0.05) is 108 Å². The van der Waals surface area contributed by atoms with Crippen LogP contribution in [-0.4, -0.2) is 33.2 Å². The number of imidazole rings is 2. The van der Waals surface area contributed by atoms with Crippen molar-refractivity contribution >= 4 is 65.7 Å². The molecule has 21 aromatic rings. The Morgan fingerprint density at radius 1 is 0.339 bits per heavy atom. The SMILES string of the molecule is [2H]c1nc(-n2c3[c-]c(Oc4[c-]c(-n5[c-][n+](-c6c(-c7c([2H])c([2H])c([2H])c([2H])c7[2H])c([2H])c([2H])c([2H])c6-c6c([2H])c([2H])c([2H])c([2H])c6[2H])c6c([2H])c([2H])c([2H])c([2H])c65)c([2H])c([2H])c4[2H])c([2H])c([2H])c3c3c([2H])c(-c4nc([2H])c(C)c([2H])c4[2H])c([2H])c([2H])c32)c([2H])c(C(C)(C)C)c1[2H].[2H]c1nc(-n2c3[c-]c(Oc4[c-]c(-n5[c-][n+](-c6c(-c7c([2H])c([2H])c([2H])c([2H])c7[2H])c([2H])c([2H])c([2H])c6-c6c([2H])c([2H])c([2H])c([2H])c6[2H])c6c([2H])c([2H])c([2H])c([2H])c65)c([2H])c([2H])c4[2H])c([2H])c([2H])c3c3c([2H])c(C)c([2H])c([2H])c32)c([2H])c(C(C)(C([2H])([2H])[2H])C([2H])([2H])[2H])c1[2H].[Pt].[Pt]. The van der Waals surface area contributed by atoms with Crippen LogP contribution in [-0.2, 0) is 53.0 Å². The molecule has 21 rings (SSSR count). The van der Waals surface area contributed by atoms with E-state index in [0.717, 1.165) is 16.1 Å². The predicted molar refractivity (Wildman–Crippen MR) is 492 cm³/mol.